The van der Waals surface area contributed by atoms with Gasteiger partial charge in [0.15, 0.2) is 0 Å². The van der Waals surface area contributed by atoms with Gasteiger partial charge in [0.1, 0.15) is 21.9 Å². The molecule has 3 rings (SSSR count). The van der Waals surface area contributed by atoms with Crippen molar-refractivity contribution in [2.24, 2.45) is 0 Å². The zero-order chi connectivity index (χ0) is 13.4. The van der Waals surface area contributed by atoms with E-state index in [2.05, 4.69) is 27.0 Å². The fourth-order valence-corrected chi connectivity index (χ4v) is 3.31. The normalized spacial score (nSPS) is 15.1. The van der Waals surface area contributed by atoms with Crippen LogP contribution in [0.5, 0.6) is 0 Å². The minimum Gasteiger partial charge on any atom is -0.477 e. The van der Waals surface area contributed by atoms with E-state index in [1.165, 1.54) is 17.7 Å². The molecule has 0 saturated carbocycles. The van der Waals surface area contributed by atoms with Crippen molar-refractivity contribution in [2.45, 2.75) is 13.3 Å². The summed E-state index contributed by atoms with van der Waals surface area (Å²) >= 11 is 1.21. The number of anilines is 1. The lowest BCUT2D eigenvalue weighted by atomic mass is 10.1. The molecule has 1 N–H and O–H groups in total. The smallest absolute Gasteiger partial charge is 0.346 e. The summed E-state index contributed by atoms with van der Waals surface area (Å²) in [7, 11) is 0. The van der Waals surface area contributed by atoms with E-state index in [9.17, 15) is 9.90 Å². The van der Waals surface area contributed by atoms with Crippen LogP contribution in [0.2, 0.25) is 0 Å². The van der Waals surface area contributed by atoms with Crippen molar-refractivity contribution < 1.29 is 9.90 Å². The number of rotatable bonds is 2. The van der Waals surface area contributed by atoms with Crippen LogP contribution in [0.25, 0.3) is 10.2 Å². The van der Waals surface area contributed by atoms with E-state index in [4.69, 9.17) is 0 Å². The van der Waals surface area contributed by atoms with Gasteiger partial charge in [-0.05, 0) is 18.9 Å². The summed E-state index contributed by atoms with van der Waals surface area (Å²) in [5, 5.41) is 10.1. The number of aromatic nitrogens is 2. The Kier molecular flexibility index (Phi) is 2.94. The number of hydrogen-bond donors (Lipinski definition) is 1. The lowest BCUT2D eigenvalue weighted by Gasteiger charge is -2.25. The van der Waals surface area contributed by atoms with E-state index in [0.29, 0.717) is 4.88 Å². The third-order valence-corrected chi connectivity index (χ3v) is 4.45. The largest absolute Gasteiger partial charge is 0.477 e. The predicted octanol–water partition coefficient (Wildman–Crippen LogP) is 2.46. The number of fused-ring (bicyclic) bond motifs is 1. The van der Waals surface area contributed by atoms with E-state index in [0.717, 1.165) is 41.1 Å². The third kappa shape index (κ3) is 1.98. The highest BCUT2D eigenvalue weighted by atomic mass is 32.1. The van der Waals surface area contributed by atoms with Gasteiger partial charge in [0.25, 0.3) is 0 Å². The molecule has 19 heavy (non-hydrogen) atoms. The molecule has 0 aromatic carbocycles. The van der Waals surface area contributed by atoms with Gasteiger partial charge < -0.3 is 10.0 Å². The van der Waals surface area contributed by atoms with Gasteiger partial charge in [0, 0.05) is 13.1 Å². The standard InChI is InChI=1S/C13H13N3O2S/c1-8-9-11(16-5-3-2-4-6-16)14-7-15-12(9)19-10(8)13(17)18/h2-3,7H,4-6H2,1H3,(H,17,18). The molecule has 0 amide bonds. The SMILES string of the molecule is Cc1c(C(=O)O)sc2ncnc(N3CC=CCC3)c12. The predicted molar refractivity (Wildman–Crippen MR) is 75.1 cm³/mol. The molecule has 1 aliphatic heterocycles. The molecule has 98 valence electrons. The average Bonchev–Trinajstić information content (AvgIpc) is 2.78. The van der Waals surface area contributed by atoms with Crippen LogP contribution < -0.4 is 4.90 Å². The fraction of sp³-hybridized carbons (Fsp3) is 0.308. The number of nitrogens with zero attached hydrogens (tertiary/aromatic N) is 3. The second kappa shape index (κ2) is 4.62. The Morgan fingerprint density at radius 1 is 1.42 bits per heavy atom. The summed E-state index contributed by atoms with van der Waals surface area (Å²) in [5.41, 5.74) is 0.762. The number of carboxylic acid groups (broad SMARTS) is 1. The molecule has 0 spiro atoms. The first-order valence-corrected chi connectivity index (χ1v) is 6.87. The van der Waals surface area contributed by atoms with Crippen molar-refractivity contribution in [2.75, 3.05) is 18.0 Å². The summed E-state index contributed by atoms with van der Waals surface area (Å²) in [4.78, 5) is 23.0. The number of aryl methyl sites for hydroxylation is 1. The quantitative estimate of drug-likeness (QED) is 0.853. The van der Waals surface area contributed by atoms with Crippen molar-refractivity contribution in [1.29, 1.82) is 0 Å². The van der Waals surface area contributed by atoms with E-state index in [1.54, 1.807) is 0 Å². The molecule has 0 radical (unpaired) electrons. The molecule has 0 saturated heterocycles. The van der Waals surface area contributed by atoms with Gasteiger partial charge in [-0.3, -0.25) is 0 Å². The molecule has 0 atom stereocenters. The van der Waals surface area contributed by atoms with Crippen LogP contribution >= 0.6 is 11.3 Å². The van der Waals surface area contributed by atoms with Crippen LogP contribution in [0, 0.1) is 6.92 Å². The fourth-order valence-electron chi connectivity index (χ4n) is 2.33. The highest BCUT2D eigenvalue weighted by Crippen LogP contribution is 2.35. The van der Waals surface area contributed by atoms with E-state index >= 15 is 0 Å². The molecular formula is C13H13N3O2S. The van der Waals surface area contributed by atoms with Crippen molar-refractivity contribution in [1.82, 2.24) is 9.97 Å². The first-order chi connectivity index (χ1) is 9.18. The minimum atomic E-state index is -0.898. The van der Waals surface area contributed by atoms with Crippen molar-refractivity contribution >= 4 is 33.3 Å². The molecule has 0 unspecified atom stereocenters. The van der Waals surface area contributed by atoms with Crippen LogP contribution in [0.3, 0.4) is 0 Å². The van der Waals surface area contributed by atoms with Gasteiger partial charge in [-0.2, -0.15) is 0 Å². The first-order valence-electron chi connectivity index (χ1n) is 6.06. The van der Waals surface area contributed by atoms with Gasteiger partial charge in [-0.25, -0.2) is 14.8 Å². The maximum atomic E-state index is 11.2. The maximum absolute atomic E-state index is 11.2. The first kappa shape index (κ1) is 12.1. The van der Waals surface area contributed by atoms with E-state index in [1.807, 2.05) is 6.92 Å². The summed E-state index contributed by atoms with van der Waals surface area (Å²) in [6.45, 7) is 3.54. The Morgan fingerprint density at radius 2 is 2.26 bits per heavy atom. The van der Waals surface area contributed by atoms with E-state index < -0.39 is 5.97 Å². The lowest BCUT2D eigenvalue weighted by molar-refractivity contribution is 0.0701. The number of carbonyl (C=O) groups is 1. The molecule has 2 aromatic rings. The van der Waals surface area contributed by atoms with E-state index in [-0.39, 0.29) is 0 Å². The zero-order valence-corrected chi connectivity index (χ0v) is 11.3. The molecule has 6 heteroatoms. The lowest BCUT2D eigenvalue weighted by Crippen LogP contribution is -2.27. The van der Waals surface area contributed by atoms with Crippen LogP contribution in [-0.4, -0.2) is 34.1 Å². The van der Waals surface area contributed by atoms with Crippen LogP contribution in [0.15, 0.2) is 18.5 Å². The number of carboxylic acids is 1. The highest BCUT2D eigenvalue weighted by Gasteiger charge is 2.21. The van der Waals surface area contributed by atoms with Crippen molar-refractivity contribution in [3.8, 4) is 0 Å². The molecule has 3 heterocycles. The number of aromatic carboxylic acids is 1. The second-order valence-corrected chi connectivity index (χ2v) is 5.44. The molecule has 1 aliphatic rings. The Balaban J connectivity index is 2.19. The third-order valence-electron chi connectivity index (χ3n) is 3.26. The topological polar surface area (TPSA) is 66.3 Å². The van der Waals surface area contributed by atoms with Gasteiger partial charge >= 0.3 is 5.97 Å². The molecular weight excluding hydrogens is 262 g/mol. The minimum absolute atomic E-state index is 0.351. The molecule has 0 bridgehead atoms. The van der Waals surface area contributed by atoms with Gasteiger partial charge in [0.2, 0.25) is 0 Å². The molecule has 0 fully saturated rings. The van der Waals surface area contributed by atoms with Crippen LogP contribution in [0.1, 0.15) is 21.7 Å². The van der Waals surface area contributed by atoms with Crippen molar-refractivity contribution in [3.05, 3.63) is 28.9 Å². The Hall–Kier alpha value is -1.95. The highest BCUT2D eigenvalue weighted by molar-refractivity contribution is 7.20. The van der Waals surface area contributed by atoms with Crippen LogP contribution in [-0.2, 0) is 0 Å². The van der Waals surface area contributed by atoms with Gasteiger partial charge in [-0.15, -0.1) is 11.3 Å². The Labute approximate surface area is 114 Å². The zero-order valence-electron chi connectivity index (χ0n) is 10.5. The molecule has 2 aromatic heterocycles. The number of thiophene rings is 1. The Morgan fingerprint density at radius 3 is 2.95 bits per heavy atom. The van der Waals surface area contributed by atoms with Gasteiger partial charge in [-0.1, -0.05) is 12.2 Å². The second-order valence-electron chi connectivity index (χ2n) is 4.44. The molecule has 5 nitrogen and oxygen atoms in total. The Bertz CT molecular complexity index is 678. The molecule has 0 aliphatic carbocycles. The van der Waals surface area contributed by atoms with Gasteiger partial charge in [0.05, 0.1) is 5.39 Å². The summed E-state index contributed by atoms with van der Waals surface area (Å²) in [6.07, 6.45) is 6.76. The monoisotopic (exact) mass is 275 g/mol. The summed E-state index contributed by atoms with van der Waals surface area (Å²) in [5.74, 6) is -0.0550. The summed E-state index contributed by atoms with van der Waals surface area (Å²) < 4.78 is 0. The maximum Gasteiger partial charge on any atom is 0.346 e. The van der Waals surface area contributed by atoms with Crippen molar-refractivity contribution in [3.63, 3.8) is 0 Å². The van der Waals surface area contributed by atoms with Crippen LogP contribution in [0.4, 0.5) is 5.82 Å². The average molecular weight is 275 g/mol. The number of hydrogen-bond acceptors (Lipinski definition) is 5. The summed E-state index contributed by atoms with van der Waals surface area (Å²) in [6, 6.07) is 0.